The number of aromatic nitrogens is 3. The van der Waals surface area contributed by atoms with E-state index in [2.05, 4.69) is 15.0 Å². The molecule has 2 aromatic rings. The molecule has 5 nitrogen and oxygen atoms in total. The summed E-state index contributed by atoms with van der Waals surface area (Å²) in [6, 6.07) is 0. The third-order valence-corrected chi connectivity index (χ3v) is 3.57. The van der Waals surface area contributed by atoms with E-state index in [1.165, 1.54) is 6.33 Å². The van der Waals surface area contributed by atoms with Gasteiger partial charge < -0.3 is 10.1 Å². The zero-order valence-corrected chi connectivity index (χ0v) is 9.66. The average molecular weight is 252 g/mol. The number of hydrogen-bond donors (Lipinski definition) is 2. The predicted octanol–water partition coefficient (Wildman–Crippen LogP) is 1.80. The summed E-state index contributed by atoms with van der Waals surface area (Å²) in [6.45, 7) is 0. The van der Waals surface area contributed by atoms with Gasteiger partial charge in [-0.15, -0.1) is 0 Å². The number of fused-ring (bicyclic) bond motifs is 3. The highest BCUT2D eigenvalue weighted by molar-refractivity contribution is 6.34. The van der Waals surface area contributed by atoms with Crippen LogP contribution in [0, 0.1) is 5.92 Å². The van der Waals surface area contributed by atoms with Gasteiger partial charge in [-0.3, -0.25) is 4.79 Å². The minimum atomic E-state index is -0.752. The van der Waals surface area contributed by atoms with Gasteiger partial charge in [0, 0.05) is 5.69 Å². The van der Waals surface area contributed by atoms with Crippen LogP contribution >= 0.6 is 11.6 Å². The van der Waals surface area contributed by atoms with E-state index in [0.29, 0.717) is 23.6 Å². The fraction of sp³-hybridized carbons (Fsp3) is 0.364. The van der Waals surface area contributed by atoms with Crippen molar-refractivity contribution in [3.8, 4) is 0 Å². The van der Waals surface area contributed by atoms with E-state index in [-0.39, 0.29) is 5.92 Å². The molecule has 88 valence electrons. The van der Waals surface area contributed by atoms with Gasteiger partial charge in [0.2, 0.25) is 0 Å². The van der Waals surface area contributed by atoms with Crippen molar-refractivity contribution >= 4 is 28.6 Å². The third-order valence-electron chi connectivity index (χ3n) is 3.28. The van der Waals surface area contributed by atoms with Crippen LogP contribution in [0.5, 0.6) is 0 Å². The number of aromatic amines is 1. The van der Waals surface area contributed by atoms with Gasteiger partial charge in [-0.05, 0) is 24.8 Å². The van der Waals surface area contributed by atoms with Crippen LogP contribution in [0.4, 0.5) is 0 Å². The van der Waals surface area contributed by atoms with Gasteiger partial charge in [-0.1, -0.05) is 11.6 Å². The van der Waals surface area contributed by atoms with Crippen LogP contribution in [-0.2, 0) is 17.6 Å². The number of aryl methyl sites for hydroxylation is 1. The molecule has 0 saturated carbocycles. The van der Waals surface area contributed by atoms with Crippen LogP contribution in [0.3, 0.4) is 0 Å². The highest BCUT2D eigenvalue weighted by Crippen LogP contribution is 2.33. The van der Waals surface area contributed by atoms with Crippen molar-refractivity contribution < 1.29 is 9.90 Å². The summed E-state index contributed by atoms with van der Waals surface area (Å²) in [6.07, 6.45) is 3.28. The number of nitrogens with one attached hydrogen (secondary N) is 1. The molecule has 1 unspecified atom stereocenters. The standard InChI is InChI=1S/C11H10ClN3O2/c12-9-8-6-3-5(11(16)17)1-2-7(6)15-10(8)14-4-13-9/h4-5H,1-3H2,(H,16,17)(H,13,14,15). The first-order chi connectivity index (χ1) is 8.16. The van der Waals surface area contributed by atoms with Crippen LogP contribution in [0.1, 0.15) is 17.7 Å². The maximum Gasteiger partial charge on any atom is 0.306 e. The molecule has 17 heavy (non-hydrogen) atoms. The molecule has 0 bridgehead atoms. The highest BCUT2D eigenvalue weighted by atomic mass is 35.5. The molecule has 0 fully saturated rings. The lowest BCUT2D eigenvalue weighted by atomic mass is 9.87. The van der Waals surface area contributed by atoms with Crippen molar-refractivity contribution in [2.45, 2.75) is 19.3 Å². The van der Waals surface area contributed by atoms with E-state index < -0.39 is 5.97 Å². The number of carboxylic acid groups (broad SMARTS) is 1. The first kappa shape index (κ1) is 10.5. The fourth-order valence-electron chi connectivity index (χ4n) is 2.41. The van der Waals surface area contributed by atoms with Gasteiger partial charge in [-0.2, -0.15) is 0 Å². The van der Waals surface area contributed by atoms with Gasteiger partial charge in [0.1, 0.15) is 17.1 Å². The molecule has 0 radical (unpaired) electrons. The van der Waals surface area contributed by atoms with Crippen LogP contribution in [0.15, 0.2) is 6.33 Å². The zero-order chi connectivity index (χ0) is 12.0. The van der Waals surface area contributed by atoms with E-state index in [1.54, 1.807) is 0 Å². The van der Waals surface area contributed by atoms with Crippen molar-refractivity contribution in [3.05, 3.63) is 22.7 Å². The molecule has 1 aliphatic carbocycles. The van der Waals surface area contributed by atoms with Crippen molar-refractivity contribution in [2.24, 2.45) is 5.92 Å². The lowest BCUT2D eigenvalue weighted by molar-refractivity contribution is -0.142. The Bertz CT molecular complexity index is 608. The van der Waals surface area contributed by atoms with Crippen molar-refractivity contribution in [2.75, 3.05) is 0 Å². The topological polar surface area (TPSA) is 78.9 Å². The summed E-state index contributed by atoms with van der Waals surface area (Å²) in [7, 11) is 0. The van der Waals surface area contributed by atoms with Crippen LogP contribution in [0.25, 0.3) is 11.0 Å². The quantitative estimate of drug-likeness (QED) is 0.758. The molecule has 0 aliphatic heterocycles. The lowest BCUT2D eigenvalue weighted by Crippen LogP contribution is -2.21. The zero-order valence-electron chi connectivity index (χ0n) is 8.90. The summed E-state index contributed by atoms with van der Waals surface area (Å²) in [4.78, 5) is 22.3. The molecule has 2 heterocycles. The summed E-state index contributed by atoms with van der Waals surface area (Å²) >= 11 is 6.04. The van der Waals surface area contributed by atoms with Crippen molar-refractivity contribution in [1.82, 2.24) is 15.0 Å². The minimum absolute atomic E-state index is 0.335. The predicted molar refractivity (Wildman–Crippen MR) is 62.0 cm³/mol. The summed E-state index contributed by atoms with van der Waals surface area (Å²) < 4.78 is 0. The SMILES string of the molecule is O=C(O)C1CCc2[nH]c3ncnc(Cl)c3c2C1. The first-order valence-corrected chi connectivity index (χ1v) is 5.77. The Morgan fingerprint density at radius 1 is 1.53 bits per heavy atom. The Hall–Kier alpha value is -1.62. The smallest absolute Gasteiger partial charge is 0.306 e. The third kappa shape index (κ3) is 1.58. The number of H-pyrrole nitrogens is 1. The minimum Gasteiger partial charge on any atom is -0.481 e. The van der Waals surface area contributed by atoms with Gasteiger partial charge >= 0.3 is 5.97 Å². The molecule has 0 amide bonds. The monoisotopic (exact) mass is 251 g/mol. The number of hydrogen-bond acceptors (Lipinski definition) is 3. The molecular weight excluding hydrogens is 242 g/mol. The van der Waals surface area contributed by atoms with Crippen LogP contribution in [0.2, 0.25) is 5.15 Å². The van der Waals surface area contributed by atoms with Crippen molar-refractivity contribution in [1.29, 1.82) is 0 Å². The molecule has 2 N–H and O–H groups in total. The van der Waals surface area contributed by atoms with E-state index in [9.17, 15) is 4.79 Å². The van der Waals surface area contributed by atoms with E-state index >= 15 is 0 Å². The summed E-state index contributed by atoms with van der Waals surface area (Å²) in [5.41, 5.74) is 2.70. The molecule has 6 heteroatoms. The van der Waals surface area contributed by atoms with E-state index in [4.69, 9.17) is 16.7 Å². The van der Waals surface area contributed by atoms with Gasteiger partial charge in [0.05, 0.1) is 11.3 Å². The average Bonchev–Trinajstić information content (AvgIpc) is 2.67. The number of aliphatic carboxylic acids is 1. The molecule has 0 saturated heterocycles. The largest absolute Gasteiger partial charge is 0.481 e. The molecule has 1 atom stereocenters. The van der Waals surface area contributed by atoms with Gasteiger partial charge in [0.25, 0.3) is 0 Å². The number of carbonyl (C=O) groups is 1. The van der Waals surface area contributed by atoms with Gasteiger partial charge in [-0.25, -0.2) is 9.97 Å². The Balaban J connectivity index is 2.17. The highest BCUT2D eigenvalue weighted by Gasteiger charge is 2.28. The van der Waals surface area contributed by atoms with Crippen LogP contribution in [-0.4, -0.2) is 26.0 Å². The van der Waals surface area contributed by atoms with E-state index in [1.807, 2.05) is 0 Å². The second-order valence-electron chi connectivity index (χ2n) is 4.25. The second kappa shape index (κ2) is 3.70. The molecule has 0 spiro atoms. The first-order valence-electron chi connectivity index (χ1n) is 5.39. The fourth-order valence-corrected chi connectivity index (χ4v) is 2.66. The Labute approximate surface area is 102 Å². The number of nitrogens with zero attached hydrogens (tertiary/aromatic N) is 2. The second-order valence-corrected chi connectivity index (χ2v) is 4.61. The summed E-state index contributed by atoms with van der Waals surface area (Å²) in [5, 5.41) is 10.2. The van der Waals surface area contributed by atoms with Crippen LogP contribution < -0.4 is 0 Å². The Morgan fingerprint density at radius 3 is 3.12 bits per heavy atom. The molecular formula is C11H10ClN3O2. The normalized spacial score (nSPS) is 19.2. The molecule has 2 aromatic heterocycles. The van der Waals surface area contributed by atoms with Crippen molar-refractivity contribution in [3.63, 3.8) is 0 Å². The number of carboxylic acids is 1. The number of halogens is 1. The molecule has 3 rings (SSSR count). The molecule has 1 aliphatic rings. The molecule has 0 aromatic carbocycles. The Kier molecular flexibility index (Phi) is 2.29. The maximum atomic E-state index is 11.0. The summed E-state index contributed by atoms with van der Waals surface area (Å²) in [5.74, 6) is -1.09. The Morgan fingerprint density at radius 2 is 2.35 bits per heavy atom. The number of rotatable bonds is 1. The maximum absolute atomic E-state index is 11.0. The lowest BCUT2D eigenvalue weighted by Gasteiger charge is -2.18. The van der Waals surface area contributed by atoms with Gasteiger partial charge in [0.15, 0.2) is 0 Å². The van der Waals surface area contributed by atoms with E-state index in [0.717, 1.165) is 23.1 Å².